The van der Waals surface area contributed by atoms with Gasteiger partial charge >= 0.3 is 12.4 Å². The molecule has 3 aromatic rings. The molecule has 1 fully saturated rings. The SMILES string of the molecule is O=C(CN1CCCCC1c1ccccc1)N(Cc1ccccc1)OCc1cc(C(F)(F)F)cc(C(F)(F)F)c1. The van der Waals surface area contributed by atoms with Gasteiger partial charge in [0.15, 0.2) is 0 Å². The summed E-state index contributed by atoms with van der Waals surface area (Å²) in [5.74, 6) is -0.440. The van der Waals surface area contributed by atoms with Crippen LogP contribution in [0.1, 0.15) is 53.1 Å². The highest BCUT2D eigenvalue weighted by molar-refractivity contribution is 5.77. The average molecular weight is 551 g/mol. The average Bonchev–Trinajstić information content (AvgIpc) is 2.91. The minimum Gasteiger partial charge on any atom is -0.287 e. The molecule has 10 heteroatoms. The van der Waals surface area contributed by atoms with Crippen LogP contribution in [0.3, 0.4) is 0 Å². The largest absolute Gasteiger partial charge is 0.416 e. The molecule has 1 unspecified atom stereocenters. The Balaban J connectivity index is 1.56. The zero-order chi connectivity index (χ0) is 28.0. The number of hydrogen-bond acceptors (Lipinski definition) is 3. The van der Waals surface area contributed by atoms with Crippen LogP contribution in [0, 0.1) is 0 Å². The van der Waals surface area contributed by atoms with Crippen molar-refractivity contribution in [1.29, 1.82) is 0 Å². The number of carbonyl (C=O) groups is 1. The summed E-state index contributed by atoms with van der Waals surface area (Å²) >= 11 is 0. The highest BCUT2D eigenvalue weighted by atomic mass is 19.4. The monoisotopic (exact) mass is 550 g/mol. The summed E-state index contributed by atoms with van der Waals surface area (Å²) in [5.41, 5.74) is -1.44. The number of nitrogens with zero attached hydrogens (tertiary/aromatic N) is 2. The summed E-state index contributed by atoms with van der Waals surface area (Å²) in [6.45, 7) is -0.00186. The first kappa shape index (κ1) is 28.6. The van der Waals surface area contributed by atoms with Crippen molar-refractivity contribution >= 4 is 5.91 Å². The van der Waals surface area contributed by atoms with Gasteiger partial charge in [0.1, 0.15) is 6.61 Å². The summed E-state index contributed by atoms with van der Waals surface area (Å²) in [6, 6.07) is 19.9. The number of halogens is 6. The summed E-state index contributed by atoms with van der Waals surface area (Å²) < 4.78 is 79.9. The van der Waals surface area contributed by atoms with Gasteiger partial charge in [0, 0.05) is 6.04 Å². The molecule has 4 rings (SSSR count). The number of piperidine rings is 1. The van der Waals surface area contributed by atoms with Crippen LogP contribution < -0.4 is 0 Å². The fourth-order valence-corrected chi connectivity index (χ4v) is 4.70. The van der Waals surface area contributed by atoms with Crippen molar-refractivity contribution in [3.8, 4) is 0 Å². The van der Waals surface area contributed by atoms with E-state index in [2.05, 4.69) is 0 Å². The molecule has 0 radical (unpaired) electrons. The minimum atomic E-state index is -4.98. The van der Waals surface area contributed by atoms with Crippen molar-refractivity contribution in [2.24, 2.45) is 0 Å². The van der Waals surface area contributed by atoms with Crippen LogP contribution >= 0.6 is 0 Å². The van der Waals surface area contributed by atoms with Crippen LogP contribution in [0.4, 0.5) is 26.3 Å². The lowest BCUT2D eigenvalue weighted by atomic mass is 9.95. The maximum absolute atomic E-state index is 13.5. The van der Waals surface area contributed by atoms with Crippen molar-refractivity contribution < 1.29 is 36.0 Å². The van der Waals surface area contributed by atoms with E-state index in [1.54, 1.807) is 30.3 Å². The van der Waals surface area contributed by atoms with Gasteiger partial charge in [-0.25, -0.2) is 5.06 Å². The molecule has 0 spiro atoms. The molecule has 3 aromatic carbocycles. The highest BCUT2D eigenvalue weighted by Crippen LogP contribution is 2.36. The molecule has 0 bridgehead atoms. The van der Waals surface area contributed by atoms with Crippen LogP contribution in [-0.2, 0) is 35.1 Å². The molecule has 0 aliphatic carbocycles. The van der Waals surface area contributed by atoms with Crippen molar-refractivity contribution in [3.05, 3.63) is 107 Å². The van der Waals surface area contributed by atoms with Gasteiger partial charge in [-0.15, -0.1) is 0 Å². The Kier molecular flexibility index (Phi) is 8.97. The van der Waals surface area contributed by atoms with Gasteiger partial charge in [-0.3, -0.25) is 14.5 Å². The van der Waals surface area contributed by atoms with E-state index >= 15 is 0 Å². The van der Waals surface area contributed by atoms with Gasteiger partial charge in [0.2, 0.25) is 0 Å². The molecular formula is C29H28F6N2O2. The molecule has 1 heterocycles. The number of rotatable bonds is 8. The second-order valence-corrected chi connectivity index (χ2v) is 9.50. The summed E-state index contributed by atoms with van der Waals surface area (Å²) in [6.07, 6.45) is -7.18. The van der Waals surface area contributed by atoms with Crippen LogP contribution in [0.5, 0.6) is 0 Å². The Hall–Kier alpha value is -3.37. The number of amides is 1. The molecule has 1 aliphatic rings. The maximum atomic E-state index is 13.5. The predicted molar refractivity (Wildman–Crippen MR) is 133 cm³/mol. The number of alkyl halides is 6. The third-order valence-electron chi connectivity index (χ3n) is 6.62. The lowest BCUT2D eigenvalue weighted by Gasteiger charge is -2.36. The first-order valence-corrected chi connectivity index (χ1v) is 12.6. The van der Waals surface area contributed by atoms with Gasteiger partial charge in [0.25, 0.3) is 5.91 Å². The molecule has 208 valence electrons. The molecule has 0 saturated carbocycles. The van der Waals surface area contributed by atoms with Gasteiger partial charge in [-0.2, -0.15) is 26.3 Å². The van der Waals surface area contributed by atoms with E-state index < -0.39 is 36.0 Å². The lowest BCUT2D eigenvalue weighted by molar-refractivity contribution is -0.197. The molecule has 0 N–H and O–H groups in total. The number of hydrogen-bond donors (Lipinski definition) is 0. The van der Waals surface area contributed by atoms with Crippen LogP contribution in [0.2, 0.25) is 0 Å². The Morgan fingerprint density at radius 3 is 2.00 bits per heavy atom. The normalized spacial score (nSPS) is 16.7. The minimum absolute atomic E-state index is 0.0111. The van der Waals surface area contributed by atoms with Crippen LogP contribution in [-0.4, -0.2) is 29.0 Å². The van der Waals surface area contributed by atoms with Gasteiger partial charge in [-0.05, 0) is 54.3 Å². The maximum Gasteiger partial charge on any atom is 0.416 e. The fraction of sp³-hybridized carbons (Fsp3) is 0.345. The number of carbonyl (C=O) groups excluding carboxylic acids is 1. The number of hydroxylamine groups is 2. The Morgan fingerprint density at radius 2 is 1.41 bits per heavy atom. The second-order valence-electron chi connectivity index (χ2n) is 9.50. The van der Waals surface area contributed by atoms with E-state index in [1.165, 1.54) is 0 Å². The third kappa shape index (κ3) is 7.83. The Bertz CT molecular complexity index is 1200. The highest BCUT2D eigenvalue weighted by Gasteiger charge is 2.37. The fourth-order valence-electron chi connectivity index (χ4n) is 4.70. The quantitative estimate of drug-likeness (QED) is 0.216. The smallest absolute Gasteiger partial charge is 0.287 e. The van der Waals surface area contributed by atoms with Crippen molar-refractivity contribution in [2.45, 2.75) is 50.8 Å². The van der Waals surface area contributed by atoms with E-state index in [1.807, 2.05) is 35.2 Å². The number of likely N-dealkylation sites (tertiary alicyclic amines) is 1. The second kappa shape index (κ2) is 12.2. The molecular weight excluding hydrogens is 522 g/mol. The van der Waals surface area contributed by atoms with E-state index in [9.17, 15) is 31.1 Å². The summed E-state index contributed by atoms with van der Waals surface area (Å²) in [4.78, 5) is 21.1. The first-order valence-electron chi connectivity index (χ1n) is 12.6. The molecule has 1 aliphatic heterocycles. The molecule has 4 nitrogen and oxygen atoms in total. The third-order valence-corrected chi connectivity index (χ3v) is 6.62. The zero-order valence-corrected chi connectivity index (χ0v) is 21.0. The molecule has 1 saturated heterocycles. The van der Waals surface area contributed by atoms with Gasteiger partial charge in [0.05, 0.1) is 24.2 Å². The Morgan fingerprint density at radius 1 is 0.821 bits per heavy atom. The van der Waals surface area contributed by atoms with E-state index in [4.69, 9.17) is 4.84 Å². The molecule has 39 heavy (non-hydrogen) atoms. The standard InChI is InChI=1S/C29H28F6N2O2/c30-28(31,32)24-15-22(16-25(17-24)29(33,34)35)20-39-37(18-21-9-3-1-4-10-21)27(38)19-36-14-8-7-13-26(36)23-11-5-2-6-12-23/h1-6,9-12,15-17,26H,7-8,13-14,18-20H2. The molecule has 0 aromatic heterocycles. The van der Waals surface area contributed by atoms with Crippen LogP contribution in [0.25, 0.3) is 0 Å². The topological polar surface area (TPSA) is 32.8 Å². The summed E-state index contributed by atoms with van der Waals surface area (Å²) in [5, 5.41) is 1.03. The van der Waals surface area contributed by atoms with E-state index in [0.717, 1.165) is 29.9 Å². The predicted octanol–water partition coefficient (Wildman–Crippen LogP) is 7.41. The Labute approximate surface area is 222 Å². The van der Waals surface area contributed by atoms with E-state index in [0.29, 0.717) is 24.2 Å². The van der Waals surface area contributed by atoms with Gasteiger partial charge in [-0.1, -0.05) is 67.1 Å². The lowest BCUT2D eigenvalue weighted by Crippen LogP contribution is -2.43. The first-order chi connectivity index (χ1) is 18.5. The zero-order valence-electron chi connectivity index (χ0n) is 21.0. The van der Waals surface area contributed by atoms with E-state index in [-0.39, 0.29) is 30.8 Å². The number of benzene rings is 3. The van der Waals surface area contributed by atoms with Gasteiger partial charge < -0.3 is 0 Å². The van der Waals surface area contributed by atoms with Crippen LogP contribution in [0.15, 0.2) is 78.9 Å². The van der Waals surface area contributed by atoms with Crippen molar-refractivity contribution in [3.63, 3.8) is 0 Å². The van der Waals surface area contributed by atoms with Crippen molar-refractivity contribution in [1.82, 2.24) is 9.96 Å². The molecule has 1 atom stereocenters. The summed E-state index contributed by atoms with van der Waals surface area (Å²) in [7, 11) is 0. The van der Waals surface area contributed by atoms with Crippen molar-refractivity contribution in [2.75, 3.05) is 13.1 Å². The molecule has 1 amide bonds.